The molecule has 2 aromatic rings. The molecule has 1 atom stereocenters. The molecule has 3 heterocycles. The average Bonchev–Trinajstić information content (AvgIpc) is 3.18. The molecular weight excluding hydrogens is 334 g/mol. The minimum absolute atomic E-state index is 0.0205. The molecule has 1 saturated heterocycles. The number of carbonyl (C=O) groups is 2. The molecule has 0 bridgehead atoms. The number of rotatable bonds is 4. The number of piperazine rings is 1. The van der Waals surface area contributed by atoms with Gasteiger partial charge in [0, 0.05) is 50.3 Å². The summed E-state index contributed by atoms with van der Waals surface area (Å²) in [4.78, 5) is 36.3. The zero-order chi connectivity index (χ0) is 18.5. The number of amides is 2. The Morgan fingerprint density at radius 3 is 2.46 bits per heavy atom. The predicted molar refractivity (Wildman–Crippen MR) is 95.3 cm³/mol. The van der Waals surface area contributed by atoms with E-state index in [-0.39, 0.29) is 18.0 Å². The molecule has 1 aliphatic heterocycles. The molecule has 2 aromatic heterocycles. The first kappa shape index (κ1) is 17.9. The van der Waals surface area contributed by atoms with E-state index in [1.165, 1.54) is 0 Å². The second-order valence-electron chi connectivity index (χ2n) is 6.13. The van der Waals surface area contributed by atoms with Crippen LogP contribution in [0.4, 0.5) is 4.79 Å². The van der Waals surface area contributed by atoms with Crippen LogP contribution in [-0.2, 0) is 9.53 Å². The minimum Gasteiger partial charge on any atom is -0.450 e. The summed E-state index contributed by atoms with van der Waals surface area (Å²) in [6, 6.07) is 3.41. The zero-order valence-electron chi connectivity index (χ0n) is 15.0. The first-order valence-electron chi connectivity index (χ1n) is 8.74. The molecule has 0 aromatic carbocycles. The number of aromatic nitrogens is 3. The van der Waals surface area contributed by atoms with Gasteiger partial charge < -0.3 is 19.1 Å². The average molecular weight is 357 g/mol. The molecule has 0 radical (unpaired) electrons. The summed E-state index contributed by atoms with van der Waals surface area (Å²) in [5.74, 6) is 0.0205. The van der Waals surface area contributed by atoms with Crippen molar-refractivity contribution in [2.24, 2.45) is 0 Å². The molecule has 1 unspecified atom stereocenters. The van der Waals surface area contributed by atoms with Gasteiger partial charge in [-0.2, -0.15) is 0 Å². The van der Waals surface area contributed by atoms with Gasteiger partial charge in [0.25, 0.3) is 0 Å². The van der Waals surface area contributed by atoms with Gasteiger partial charge in [-0.1, -0.05) is 0 Å². The van der Waals surface area contributed by atoms with Gasteiger partial charge in [-0.05, 0) is 26.0 Å². The van der Waals surface area contributed by atoms with Gasteiger partial charge in [0.05, 0.1) is 18.6 Å². The Labute approximate surface area is 152 Å². The van der Waals surface area contributed by atoms with E-state index in [0.717, 1.165) is 11.3 Å². The van der Waals surface area contributed by atoms with Crippen molar-refractivity contribution in [3.8, 4) is 11.3 Å². The molecule has 0 saturated carbocycles. The monoisotopic (exact) mass is 357 g/mol. The Hall–Kier alpha value is -2.90. The topological polar surface area (TPSA) is 80.6 Å². The number of ether oxygens (including phenoxy) is 1. The molecule has 26 heavy (non-hydrogen) atoms. The van der Waals surface area contributed by atoms with Crippen molar-refractivity contribution in [3.63, 3.8) is 0 Å². The summed E-state index contributed by atoms with van der Waals surface area (Å²) in [6.07, 6.45) is 6.65. The van der Waals surface area contributed by atoms with Crippen molar-refractivity contribution >= 4 is 12.0 Å². The molecule has 3 rings (SSSR count). The van der Waals surface area contributed by atoms with Crippen LogP contribution in [0.5, 0.6) is 0 Å². The normalized spacial score (nSPS) is 15.6. The van der Waals surface area contributed by atoms with Crippen LogP contribution in [0.25, 0.3) is 11.3 Å². The van der Waals surface area contributed by atoms with Gasteiger partial charge in [-0.15, -0.1) is 0 Å². The molecule has 138 valence electrons. The standard InChI is InChI=1S/C18H23N5O3/c1-3-26-18(25)22-10-8-21(9-11-22)17(24)14(2)23-12-16(20-13-23)15-4-6-19-7-5-15/h4-7,12-14H,3,8-11H2,1-2H3. The SMILES string of the molecule is CCOC(=O)N1CCN(C(=O)C(C)n2cnc(-c3ccncc3)c2)CC1. The van der Waals surface area contributed by atoms with E-state index in [1.807, 2.05) is 29.8 Å². The maximum atomic E-state index is 12.8. The Kier molecular flexibility index (Phi) is 5.50. The minimum atomic E-state index is -0.354. The molecule has 1 fully saturated rings. The third-order valence-corrected chi connectivity index (χ3v) is 4.50. The van der Waals surface area contributed by atoms with Crippen molar-refractivity contribution < 1.29 is 14.3 Å². The second kappa shape index (κ2) is 7.99. The fraction of sp³-hybridized carbons (Fsp3) is 0.444. The third-order valence-electron chi connectivity index (χ3n) is 4.50. The van der Waals surface area contributed by atoms with Gasteiger partial charge in [0.2, 0.25) is 5.91 Å². The van der Waals surface area contributed by atoms with Crippen LogP contribution < -0.4 is 0 Å². The van der Waals surface area contributed by atoms with Crippen LogP contribution in [0.3, 0.4) is 0 Å². The zero-order valence-corrected chi connectivity index (χ0v) is 15.0. The molecule has 0 N–H and O–H groups in total. The Balaban J connectivity index is 1.60. The number of imidazole rings is 1. The number of hydrogen-bond acceptors (Lipinski definition) is 5. The molecule has 2 amide bonds. The second-order valence-corrected chi connectivity index (χ2v) is 6.13. The highest BCUT2D eigenvalue weighted by Gasteiger charge is 2.28. The van der Waals surface area contributed by atoms with Gasteiger partial charge in [0.15, 0.2) is 0 Å². The smallest absolute Gasteiger partial charge is 0.409 e. The third kappa shape index (κ3) is 3.84. The highest BCUT2D eigenvalue weighted by molar-refractivity contribution is 5.80. The summed E-state index contributed by atoms with van der Waals surface area (Å²) in [5, 5.41) is 0. The van der Waals surface area contributed by atoms with E-state index >= 15 is 0 Å². The molecule has 0 aliphatic carbocycles. The lowest BCUT2D eigenvalue weighted by atomic mass is 10.2. The lowest BCUT2D eigenvalue weighted by molar-refractivity contribution is -0.135. The maximum absolute atomic E-state index is 12.8. The first-order chi connectivity index (χ1) is 12.6. The predicted octanol–water partition coefficient (Wildman–Crippen LogP) is 1.81. The van der Waals surface area contributed by atoms with Crippen LogP contribution in [-0.4, -0.2) is 69.1 Å². The lowest BCUT2D eigenvalue weighted by Crippen LogP contribution is -2.52. The maximum Gasteiger partial charge on any atom is 0.409 e. The van der Waals surface area contributed by atoms with Gasteiger partial charge >= 0.3 is 6.09 Å². The number of nitrogens with zero attached hydrogens (tertiary/aromatic N) is 5. The van der Waals surface area contributed by atoms with Crippen molar-refractivity contribution in [1.82, 2.24) is 24.3 Å². The van der Waals surface area contributed by atoms with Gasteiger partial charge in [-0.25, -0.2) is 9.78 Å². The Morgan fingerprint density at radius 2 is 1.81 bits per heavy atom. The van der Waals surface area contributed by atoms with Crippen LogP contribution in [0, 0.1) is 0 Å². The molecular formula is C18H23N5O3. The Morgan fingerprint density at radius 1 is 1.15 bits per heavy atom. The van der Waals surface area contributed by atoms with Crippen LogP contribution in [0.1, 0.15) is 19.9 Å². The number of pyridine rings is 1. The molecule has 1 aliphatic rings. The lowest BCUT2D eigenvalue weighted by Gasteiger charge is -2.35. The first-order valence-corrected chi connectivity index (χ1v) is 8.74. The highest BCUT2D eigenvalue weighted by atomic mass is 16.6. The fourth-order valence-electron chi connectivity index (χ4n) is 2.94. The van der Waals surface area contributed by atoms with E-state index in [9.17, 15) is 9.59 Å². The van der Waals surface area contributed by atoms with Crippen LogP contribution in [0.2, 0.25) is 0 Å². The molecule has 8 heteroatoms. The summed E-state index contributed by atoms with van der Waals surface area (Å²) in [6.45, 7) is 5.99. The van der Waals surface area contributed by atoms with E-state index < -0.39 is 0 Å². The van der Waals surface area contributed by atoms with E-state index in [2.05, 4.69) is 9.97 Å². The number of hydrogen-bond donors (Lipinski definition) is 0. The summed E-state index contributed by atoms with van der Waals surface area (Å²) in [5.41, 5.74) is 1.76. The van der Waals surface area contributed by atoms with Crippen molar-refractivity contribution in [2.75, 3.05) is 32.8 Å². The van der Waals surface area contributed by atoms with Crippen molar-refractivity contribution in [1.29, 1.82) is 0 Å². The largest absolute Gasteiger partial charge is 0.450 e. The highest BCUT2D eigenvalue weighted by Crippen LogP contribution is 2.19. The molecule has 8 nitrogen and oxygen atoms in total. The van der Waals surface area contributed by atoms with Crippen molar-refractivity contribution in [3.05, 3.63) is 37.1 Å². The number of carbonyl (C=O) groups excluding carboxylic acids is 2. The van der Waals surface area contributed by atoms with E-state index in [4.69, 9.17) is 4.74 Å². The van der Waals surface area contributed by atoms with Crippen LogP contribution in [0.15, 0.2) is 37.1 Å². The van der Waals surface area contributed by atoms with E-state index in [1.54, 1.807) is 35.4 Å². The summed E-state index contributed by atoms with van der Waals surface area (Å²) < 4.78 is 6.82. The Bertz CT molecular complexity index is 753. The fourth-order valence-corrected chi connectivity index (χ4v) is 2.94. The van der Waals surface area contributed by atoms with Gasteiger partial charge in [0.1, 0.15) is 6.04 Å². The summed E-state index contributed by atoms with van der Waals surface area (Å²) >= 11 is 0. The van der Waals surface area contributed by atoms with Gasteiger partial charge in [-0.3, -0.25) is 9.78 Å². The van der Waals surface area contributed by atoms with E-state index in [0.29, 0.717) is 32.8 Å². The van der Waals surface area contributed by atoms with Crippen LogP contribution >= 0.6 is 0 Å². The van der Waals surface area contributed by atoms with Crippen molar-refractivity contribution in [2.45, 2.75) is 19.9 Å². The summed E-state index contributed by atoms with van der Waals surface area (Å²) in [7, 11) is 0. The quantitative estimate of drug-likeness (QED) is 0.834. The molecule has 0 spiro atoms.